The van der Waals surface area contributed by atoms with Crippen molar-refractivity contribution in [1.29, 1.82) is 5.26 Å². The molecule has 1 aromatic heterocycles. The van der Waals surface area contributed by atoms with Crippen molar-refractivity contribution in [3.05, 3.63) is 46.5 Å². The summed E-state index contributed by atoms with van der Waals surface area (Å²) >= 11 is 5.79. The highest BCUT2D eigenvalue weighted by Gasteiger charge is 2.20. The largest absolute Gasteiger partial charge is 0.477 e. The van der Waals surface area contributed by atoms with E-state index < -0.39 is 11.9 Å². The van der Waals surface area contributed by atoms with Crippen molar-refractivity contribution >= 4 is 29.2 Å². The average molecular weight is 291 g/mol. The number of halogens is 1. The number of rotatable bonds is 3. The monoisotopic (exact) mass is 290 g/mol. The molecule has 2 aromatic rings. The number of amides is 1. The molecule has 0 radical (unpaired) electrons. The van der Waals surface area contributed by atoms with E-state index in [2.05, 4.69) is 15.3 Å². The number of benzene rings is 1. The molecule has 1 heterocycles. The van der Waals surface area contributed by atoms with Crippen LogP contribution in [0.5, 0.6) is 0 Å². The van der Waals surface area contributed by atoms with Gasteiger partial charge in [0.25, 0.3) is 5.91 Å². The predicted molar refractivity (Wildman–Crippen MR) is 69.7 cm³/mol. The molecule has 0 unspecified atom stereocenters. The summed E-state index contributed by atoms with van der Waals surface area (Å²) in [5.41, 5.74) is -0.219. The molecule has 3 N–H and O–H groups in total. The Morgan fingerprint density at radius 1 is 1.45 bits per heavy atom. The summed E-state index contributed by atoms with van der Waals surface area (Å²) in [6.45, 7) is 0. The molecule has 0 aliphatic rings. The number of H-pyrrole nitrogens is 1. The van der Waals surface area contributed by atoms with Crippen LogP contribution in [0.15, 0.2) is 24.5 Å². The maximum Gasteiger partial charge on any atom is 0.354 e. The van der Waals surface area contributed by atoms with Crippen LogP contribution < -0.4 is 5.32 Å². The Labute approximate surface area is 117 Å². The summed E-state index contributed by atoms with van der Waals surface area (Å²) in [5.74, 6) is -2.05. The van der Waals surface area contributed by atoms with Gasteiger partial charge in [0.15, 0.2) is 11.4 Å². The van der Waals surface area contributed by atoms with Crippen LogP contribution in [-0.4, -0.2) is 27.0 Å². The van der Waals surface area contributed by atoms with Crippen molar-refractivity contribution in [2.45, 2.75) is 0 Å². The second-order valence-corrected chi connectivity index (χ2v) is 4.12. The number of anilines is 1. The van der Waals surface area contributed by atoms with E-state index in [0.717, 1.165) is 6.33 Å². The van der Waals surface area contributed by atoms with Gasteiger partial charge in [-0.15, -0.1) is 0 Å². The number of imidazole rings is 1. The van der Waals surface area contributed by atoms with Gasteiger partial charge in [0.2, 0.25) is 0 Å². The molecule has 100 valence electrons. The fourth-order valence-electron chi connectivity index (χ4n) is 1.53. The molecule has 0 saturated heterocycles. The fourth-order valence-corrected chi connectivity index (χ4v) is 1.70. The van der Waals surface area contributed by atoms with E-state index in [0.29, 0.717) is 5.02 Å². The van der Waals surface area contributed by atoms with Gasteiger partial charge < -0.3 is 15.4 Å². The summed E-state index contributed by atoms with van der Waals surface area (Å²) in [7, 11) is 0. The molecule has 2 rings (SSSR count). The van der Waals surface area contributed by atoms with Crippen LogP contribution >= 0.6 is 11.6 Å². The lowest BCUT2D eigenvalue weighted by molar-refractivity contribution is 0.0686. The molecule has 0 aliphatic heterocycles. The number of aromatic amines is 1. The summed E-state index contributed by atoms with van der Waals surface area (Å²) < 4.78 is 0. The van der Waals surface area contributed by atoms with E-state index in [1.165, 1.54) is 18.2 Å². The van der Waals surface area contributed by atoms with Crippen LogP contribution in [0.3, 0.4) is 0 Å². The molecule has 0 bridgehead atoms. The zero-order chi connectivity index (χ0) is 14.7. The molecule has 7 nitrogen and oxygen atoms in total. The molecule has 8 heteroatoms. The van der Waals surface area contributed by atoms with Gasteiger partial charge in [-0.3, -0.25) is 4.79 Å². The van der Waals surface area contributed by atoms with Crippen LogP contribution in [0, 0.1) is 11.3 Å². The van der Waals surface area contributed by atoms with Crippen LogP contribution in [0.4, 0.5) is 5.69 Å². The number of nitrogens with zero attached hydrogens (tertiary/aromatic N) is 2. The second-order valence-electron chi connectivity index (χ2n) is 3.69. The molecule has 0 atom stereocenters. The zero-order valence-corrected chi connectivity index (χ0v) is 10.6. The smallest absolute Gasteiger partial charge is 0.354 e. The number of aromatic carboxylic acids is 1. The fraction of sp³-hybridized carbons (Fsp3) is 0. The average Bonchev–Trinajstić information content (AvgIpc) is 2.88. The maximum absolute atomic E-state index is 12.0. The van der Waals surface area contributed by atoms with Crippen molar-refractivity contribution in [3.8, 4) is 6.07 Å². The first kappa shape index (κ1) is 13.6. The quantitative estimate of drug-likeness (QED) is 0.797. The summed E-state index contributed by atoms with van der Waals surface area (Å²) in [4.78, 5) is 28.9. The molecule has 1 aromatic carbocycles. The highest BCUT2D eigenvalue weighted by Crippen LogP contribution is 2.21. The normalized spacial score (nSPS) is 9.80. The van der Waals surface area contributed by atoms with Crippen molar-refractivity contribution in [3.63, 3.8) is 0 Å². The first-order valence-electron chi connectivity index (χ1n) is 5.30. The van der Waals surface area contributed by atoms with Gasteiger partial charge in [-0.2, -0.15) is 5.26 Å². The van der Waals surface area contributed by atoms with Crippen molar-refractivity contribution in [2.24, 2.45) is 0 Å². The van der Waals surface area contributed by atoms with E-state index in [9.17, 15) is 9.59 Å². The van der Waals surface area contributed by atoms with Gasteiger partial charge in [-0.25, -0.2) is 9.78 Å². The number of carbonyl (C=O) groups excluding carboxylic acids is 1. The minimum Gasteiger partial charge on any atom is -0.477 e. The standard InChI is InChI=1S/C12H7ClN4O3/c13-7-2-1-6(4-14)8(3-7)17-11(18)9-10(12(19)20)16-5-15-9/h1-3,5H,(H,15,16)(H,17,18)(H,19,20). The number of carboxylic acid groups (broad SMARTS) is 1. The summed E-state index contributed by atoms with van der Waals surface area (Å²) in [6, 6.07) is 6.24. The number of aromatic nitrogens is 2. The van der Waals surface area contributed by atoms with Gasteiger partial charge in [-0.05, 0) is 18.2 Å². The van der Waals surface area contributed by atoms with Crippen molar-refractivity contribution in [2.75, 3.05) is 5.32 Å². The minimum atomic E-state index is -1.31. The lowest BCUT2D eigenvalue weighted by Crippen LogP contribution is -2.17. The first-order valence-corrected chi connectivity index (χ1v) is 5.68. The molecule has 0 fully saturated rings. The van der Waals surface area contributed by atoms with E-state index >= 15 is 0 Å². The third-order valence-corrected chi connectivity index (χ3v) is 2.65. The van der Waals surface area contributed by atoms with Crippen molar-refractivity contribution < 1.29 is 14.7 Å². The third kappa shape index (κ3) is 2.60. The lowest BCUT2D eigenvalue weighted by atomic mass is 10.2. The highest BCUT2D eigenvalue weighted by atomic mass is 35.5. The van der Waals surface area contributed by atoms with Gasteiger partial charge in [0.05, 0.1) is 17.6 Å². The third-order valence-electron chi connectivity index (χ3n) is 2.42. The Morgan fingerprint density at radius 3 is 2.85 bits per heavy atom. The van der Waals surface area contributed by atoms with Gasteiger partial charge in [0, 0.05) is 5.02 Å². The molecule has 0 spiro atoms. The number of hydrogen-bond acceptors (Lipinski definition) is 4. The molecule has 0 aliphatic carbocycles. The van der Waals surface area contributed by atoms with Gasteiger partial charge >= 0.3 is 5.97 Å². The summed E-state index contributed by atoms with van der Waals surface area (Å²) in [5, 5.41) is 20.6. The molecule has 20 heavy (non-hydrogen) atoms. The van der Waals surface area contributed by atoms with Crippen LogP contribution in [0.1, 0.15) is 26.5 Å². The number of carboxylic acids is 1. The number of nitriles is 1. The molecular formula is C12H7ClN4O3. The van der Waals surface area contributed by atoms with E-state index in [4.69, 9.17) is 22.0 Å². The first-order chi connectivity index (χ1) is 9.52. The SMILES string of the molecule is N#Cc1ccc(Cl)cc1NC(=O)c1nc[nH]c1C(=O)O. The minimum absolute atomic E-state index is 0.185. The number of hydrogen-bond donors (Lipinski definition) is 3. The maximum atomic E-state index is 12.0. The topological polar surface area (TPSA) is 119 Å². The highest BCUT2D eigenvalue weighted by molar-refractivity contribution is 6.31. The van der Waals surface area contributed by atoms with Crippen LogP contribution in [0.25, 0.3) is 0 Å². The Hall–Kier alpha value is -2.85. The Kier molecular flexibility index (Phi) is 3.68. The van der Waals surface area contributed by atoms with Gasteiger partial charge in [0.1, 0.15) is 6.07 Å². The van der Waals surface area contributed by atoms with E-state index in [1.54, 1.807) is 0 Å². The van der Waals surface area contributed by atoms with E-state index in [-0.39, 0.29) is 22.6 Å². The van der Waals surface area contributed by atoms with Crippen molar-refractivity contribution in [1.82, 2.24) is 9.97 Å². The molecular weight excluding hydrogens is 284 g/mol. The predicted octanol–water partition coefficient (Wildman–Crippen LogP) is 1.89. The Bertz CT molecular complexity index is 733. The van der Waals surface area contributed by atoms with Gasteiger partial charge in [-0.1, -0.05) is 11.6 Å². The second kappa shape index (κ2) is 5.42. The van der Waals surface area contributed by atoms with Crippen LogP contribution in [0.2, 0.25) is 5.02 Å². The number of nitrogens with one attached hydrogen (secondary N) is 2. The number of carbonyl (C=O) groups is 2. The lowest BCUT2D eigenvalue weighted by Gasteiger charge is -2.06. The Morgan fingerprint density at radius 2 is 2.20 bits per heavy atom. The molecule has 1 amide bonds. The zero-order valence-electron chi connectivity index (χ0n) is 9.85. The summed E-state index contributed by atoms with van der Waals surface area (Å²) in [6.07, 6.45) is 1.10. The van der Waals surface area contributed by atoms with Crippen LogP contribution in [-0.2, 0) is 0 Å². The Balaban J connectivity index is 2.33. The van der Waals surface area contributed by atoms with E-state index in [1.807, 2.05) is 6.07 Å². The molecule has 0 saturated carbocycles.